The number of rotatable bonds is 3. The number of carbonyl (C=O) groups excluding carboxylic acids is 1. The first-order valence-electron chi connectivity index (χ1n) is 8.76. The number of esters is 1. The van der Waals surface area contributed by atoms with E-state index in [1.807, 2.05) is 47.9 Å². The number of hydrogen-bond donors (Lipinski definition) is 1. The molecule has 1 aliphatic rings. The van der Waals surface area contributed by atoms with E-state index in [4.69, 9.17) is 10.00 Å². The van der Waals surface area contributed by atoms with E-state index in [0.717, 1.165) is 16.6 Å². The Balaban J connectivity index is 1.96. The van der Waals surface area contributed by atoms with Crippen LogP contribution in [0.5, 0.6) is 0 Å². The Morgan fingerprint density at radius 1 is 1.26 bits per heavy atom. The highest BCUT2D eigenvalue weighted by atomic mass is 16.5. The summed E-state index contributed by atoms with van der Waals surface area (Å²) in [5.74, 6) is 0.316. The van der Waals surface area contributed by atoms with Gasteiger partial charge in [0.2, 0.25) is 5.95 Å². The molecule has 1 aromatic heterocycles. The Bertz CT molecular complexity index is 1100. The molecule has 0 spiro atoms. The number of hydrogen-bond acceptors (Lipinski definition) is 5. The van der Waals surface area contributed by atoms with Crippen molar-refractivity contribution in [2.45, 2.75) is 19.9 Å². The van der Waals surface area contributed by atoms with Gasteiger partial charge in [-0.1, -0.05) is 24.3 Å². The fourth-order valence-electron chi connectivity index (χ4n) is 3.49. The number of para-hydroxylation sites is 2. The predicted octanol–water partition coefficient (Wildman–Crippen LogP) is 3.76. The van der Waals surface area contributed by atoms with Crippen LogP contribution in [0.4, 0.5) is 5.95 Å². The molecule has 1 atom stereocenters. The van der Waals surface area contributed by atoms with Crippen molar-refractivity contribution in [3.05, 3.63) is 70.9 Å². The number of nitrogens with zero attached hydrogens (tertiary/aromatic N) is 3. The van der Waals surface area contributed by atoms with Crippen LogP contribution < -0.4 is 5.32 Å². The van der Waals surface area contributed by atoms with E-state index < -0.39 is 0 Å². The van der Waals surface area contributed by atoms with Gasteiger partial charge in [-0.2, -0.15) is 5.26 Å². The molecule has 1 unspecified atom stereocenters. The van der Waals surface area contributed by atoms with E-state index in [9.17, 15) is 4.79 Å². The molecule has 6 heteroatoms. The molecule has 134 valence electrons. The summed E-state index contributed by atoms with van der Waals surface area (Å²) in [5.41, 5.74) is 4.48. The fraction of sp³-hybridized carbons (Fsp3) is 0.190. The van der Waals surface area contributed by atoms with Crippen molar-refractivity contribution in [3.63, 3.8) is 0 Å². The fourth-order valence-corrected chi connectivity index (χ4v) is 3.49. The molecular formula is C21H18N4O2. The Hall–Kier alpha value is -3.59. The zero-order chi connectivity index (χ0) is 19.0. The third kappa shape index (κ3) is 2.74. The Kier molecular flexibility index (Phi) is 4.13. The average Bonchev–Trinajstić information content (AvgIpc) is 3.05. The second-order valence-corrected chi connectivity index (χ2v) is 6.31. The second kappa shape index (κ2) is 6.61. The van der Waals surface area contributed by atoms with Crippen molar-refractivity contribution in [2.24, 2.45) is 0 Å². The summed E-state index contributed by atoms with van der Waals surface area (Å²) < 4.78 is 7.34. The first-order chi connectivity index (χ1) is 13.1. The molecule has 0 amide bonds. The standard InChI is InChI=1S/C21H18N4O2/c1-3-27-20(26)18-13(2)23-21-24-16-6-4-5-7-17(16)25(21)19(18)15-10-8-14(12-22)9-11-15/h4-11,19H,3H2,1-2H3,(H,23,24). The van der Waals surface area contributed by atoms with Gasteiger partial charge in [0, 0.05) is 5.70 Å². The van der Waals surface area contributed by atoms with E-state index in [2.05, 4.69) is 16.4 Å². The SMILES string of the molecule is CCOC(=O)C1=C(C)Nc2nc3ccccc3n2C1c1ccc(C#N)cc1. The second-order valence-electron chi connectivity index (χ2n) is 6.31. The number of benzene rings is 2. The molecule has 0 fully saturated rings. The summed E-state index contributed by atoms with van der Waals surface area (Å²) in [4.78, 5) is 17.4. The van der Waals surface area contributed by atoms with Crippen LogP contribution in [0.15, 0.2) is 59.8 Å². The third-order valence-electron chi connectivity index (χ3n) is 4.68. The van der Waals surface area contributed by atoms with Gasteiger partial charge in [-0.3, -0.25) is 4.57 Å². The molecule has 0 aliphatic carbocycles. The first-order valence-corrected chi connectivity index (χ1v) is 8.76. The van der Waals surface area contributed by atoms with E-state index in [-0.39, 0.29) is 12.0 Å². The van der Waals surface area contributed by atoms with Crippen LogP contribution in [-0.2, 0) is 9.53 Å². The van der Waals surface area contributed by atoms with Crippen molar-refractivity contribution in [3.8, 4) is 6.07 Å². The molecule has 4 rings (SSSR count). The zero-order valence-corrected chi connectivity index (χ0v) is 15.1. The van der Waals surface area contributed by atoms with Crippen LogP contribution in [-0.4, -0.2) is 22.1 Å². The maximum Gasteiger partial charge on any atom is 0.338 e. The number of ether oxygens (including phenoxy) is 1. The van der Waals surface area contributed by atoms with Gasteiger partial charge in [-0.05, 0) is 43.7 Å². The molecule has 6 nitrogen and oxygen atoms in total. The summed E-state index contributed by atoms with van der Waals surface area (Å²) in [6.45, 7) is 3.94. The minimum atomic E-state index is -0.388. The molecule has 2 aromatic carbocycles. The van der Waals surface area contributed by atoms with E-state index in [1.165, 1.54) is 0 Å². The maximum atomic E-state index is 12.8. The average molecular weight is 358 g/mol. The number of nitriles is 1. The van der Waals surface area contributed by atoms with Gasteiger partial charge in [-0.15, -0.1) is 0 Å². The lowest BCUT2D eigenvalue weighted by Crippen LogP contribution is -2.29. The molecule has 27 heavy (non-hydrogen) atoms. The van der Waals surface area contributed by atoms with E-state index in [1.54, 1.807) is 19.1 Å². The van der Waals surface area contributed by atoms with Crippen molar-refractivity contribution < 1.29 is 9.53 Å². The van der Waals surface area contributed by atoms with Crippen molar-refractivity contribution >= 4 is 23.0 Å². The number of anilines is 1. The highest BCUT2D eigenvalue weighted by Gasteiger charge is 2.34. The lowest BCUT2D eigenvalue weighted by atomic mass is 9.94. The Morgan fingerprint density at radius 3 is 2.70 bits per heavy atom. The zero-order valence-electron chi connectivity index (χ0n) is 15.1. The Labute approximate surface area is 156 Å². The molecule has 0 bridgehead atoms. The third-order valence-corrected chi connectivity index (χ3v) is 4.68. The smallest absolute Gasteiger partial charge is 0.338 e. The van der Waals surface area contributed by atoms with Crippen LogP contribution in [0, 0.1) is 11.3 Å². The molecule has 1 aliphatic heterocycles. The maximum absolute atomic E-state index is 12.8. The topological polar surface area (TPSA) is 79.9 Å². The number of carbonyl (C=O) groups is 1. The monoisotopic (exact) mass is 358 g/mol. The molecule has 2 heterocycles. The van der Waals surface area contributed by atoms with Crippen LogP contribution in [0.25, 0.3) is 11.0 Å². The van der Waals surface area contributed by atoms with Gasteiger partial charge in [0.1, 0.15) is 0 Å². The molecule has 1 N–H and O–H groups in total. The van der Waals surface area contributed by atoms with Gasteiger partial charge in [0.15, 0.2) is 0 Å². The lowest BCUT2D eigenvalue weighted by Gasteiger charge is -2.30. The molecule has 0 saturated carbocycles. The first kappa shape index (κ1) is 16.9. The van der Waals surface area contributed by atoms with Gasteiger partial charge < -0.3 is 10.1 Å². The summed E-state index contributed by atoms with van der Waals surface area (Å²) in [7, 11) is 0. The predicted molar refractivity (Wildman–Crippen MR) is 102 cm³/mol. The Morgan fingerprint density at radius 2 is 2.00 bits per heavy atom. The summed E-state index contributed by atoms with van der Waals surface area (Å²) in [5, 5.41) is 12.3. The van der Waals surface area contributed by atoms with Gasteiger partial charge in [0.25, 0.3) is 0 Å². The number of nitrogens with one attached hydrogen (secondary N) is 1. The quantitative estimate of drug-likeness (QED) is 0.721. The number of aromatic nitrogens is 2. The minimum Gasteiger partial charge on any atom is -0.463 e. The lowest BCUT2D eigenvalue weighted by molar-refractivity contribution is -0.139. The highest BCUT2D eigenvalue weighted by molar-refractivity contribution is 5.94. The molecule has 0 saturated heterocycles. The van der Waals surface area contributed by atoms with Gasteiger partial charge in [0.05, 0.1) is 40.9 Å². The number of imidazole rings is 1. The van der Waals surface area contributed by atoms with E-state index >= 15 is 0 Å². The van der Waals surface area contributed by atoms with Crippen molar-refractivity contribution in [1.29, 1.82) is 5.26 Å². The molecule has 3 aromatic rings. The van der Waals surface area contributed by atoms with Crippen molar-refractivity contribution in [2.75, 3.05) is 11.9 Å². The highest BCUT2D eigenvalue weighted by Crippen LogP contribution is 2.39. The van der Waals surface area contributed by atoms with Crippen LogP contribution >= 0.6 is 0 Å². The number of allylic oxidation sites excluding steroid dienone is 1. The summed E-state index contributed by atoms with van der Waals surface area (Å²) in [6, 6.07) is 16.8. The molecular weight excluding hydrogens is 340 g/mol. The van der Waals surface area contributed by atoms with Gasteiger partial charge >= 0.3 is 5.97 Å². The minimum absolute atomic E-state index is 0.299. The van der Waals surface area contributed by atoms with Gasteiger partial charge in [-0.25, -0.2) is 9.78 Å². The summed E-state index contributed by atoms with van der Waals surface area (Å²) >= 11 is 0. The van der Waals surface area contributed by atoms with Crippen LogP contribution in [0.2, 0.25) is 0 Å². The molecule has 0 radical (unpaired) electrons. The normalized spacial score (nSPS) is 15.8. The van der Waals surface area contributed by atoms with Crippen LogP contribution in [0.3, 0.4) is 0 Å². The summed E-state index contributed by atoms with van der Waals surface area (Å²) in [6.07, 6.45) is 0. The number of fused-ring (bicyclic) bond motifs is 3. The van der Waals surface area contributed by atoms with Crippen LogP contribution in [0.1, 0.15) is 31.0 Å². The van der Waals surface area contributed by atoms with E-state index in [0.29, 0.717) is 29.4 Å². The van der Waals surface area contributed by atoms with Crippen molar-refractivity contribution in [1.82, 2.24) is 9.55 Å². The largest absolute Gasteiger partial charge is 0.463 e.